The minimum atomic E-state index is -1.11. The van der Waals surface area contributed by atoms with Crippen LogP contribution in [0.1, 0.15) is 34.6 Å². The second-order valence-corrected chi connectivity index (χ2v) is 9.53. The molecule has 0 aliphatic carbocycles. The van der Waals surface area contributed by atoms with Gasteiger partial charge in [-0.25, -0.2) is 9.59 Å². The fraction of sp³-hybridized carbons (Fsp3) is 0.250. The number of phenols is 2. The van der Waals surface area contributed by atoms with Gasteiger partial charge in [0.15, 0.2) is 34.5 Å². The van der Waals surface area contributed by atoms with Gasteiger partial charge in [-0.15, -0.1) is 0 Å². The lowest BCUT2D eigenvalue weighted by Gasteiger charge is -2.23. The molecule has 14 nitrogen and oxygen atoms in total. The van der Waals surface area contributed by atoms with Crippen molar-refractivity contribution >= 4 is 45.4 Å². The summed E-state index contributed by atoms with van der Waals surface area (Å²) in [6, 6.07) is 5.58. The molecule has 0 fully saturated rings. The Labute approximate surface area is 261 Å². The predicted octanol–water partition coefficient (Wildman–Crippen LogP) is 4.53. The molecule has 14 heteroatoms. The first-order valence-electron chi connectivity index (χ1n) is 13.3. The highest BCUT2D eigenvalue weighted by Gasteiger charge is 2.35. The summed E-state index contributed by atoms with van der Waals surface area (Å²) in [7, 11) is 7.51. The van der Waals surface area contributed by atoms with Crippen molar-refractivity contribution in [3.63, 3.8) is 0 Å². The number of aromatic hydroxyl groups is 2. The number of ether oxygens (including phenoxy) is 8. The van der Waals surface area contributed by atoms with E-state index in [1.54, 1.807) is 0 Å². The molecule has 4 aromatic rings. The predicted molar refractivity (Wildman–Crippen MR) is 162 cm³/mol. The number of hydrogen-bond acceptors (Lipinski definition) is 14. The summed E-state index contributed by atoms with van der Waals surface area (Å²) in [5, 5.41) is 24.0. The van der Waals surface area contributed by atoms with Crippen LogP contribution in [0, 0.1) is 0 Å². The van der Waals surface area contributed by atoms with E-state index in [1.165, 1.54) is 52.7 Å². The van der Waals surface area contributed by atoms with E-state index < -0.39 is 46.5 Å². The molecule has 0 bridgehead atoms. The number of methoxy groups -OCH3 is 6. The lowest BCUT2D eigenvalue weighted by Crippen LogP contribution is -2.12. The van der Waals surface area contributed by atoms with Crippen molar-refractivity contribution in [1.29, 1.82) is 0 Å². The first-order chi connectivity index (χ1) is 21.9. The SMILES string of the molecule is COC(=O)c1c(O)c(-c2c(O)c(C(=O)OC)c(OC(C)=O)c3cc(OC)c(OC)cc23)c2cc(OC)c(OC)cc2c1OC(C)=O. The van der Waals surface area contributed by atoms with Gasteiger partial charge in [-0.2, -0.15) is 0 Å². The smallest absolute Gasteiger partial charge is 0.345 e. The number of esters is 4. The maximum Gasteiger partial charge on any atom is 0.345 e. The topological polar surface area (TPSA) is 183 Å². The molecule has 0 amide bonds. The molecular weight excluding hydrogens is 608 g/mol. The Morgan fingerprint density at radius 2 is 0.783 bits per heavy atom. The van der Waals surface area contributed by atoms with E-state index in [4.69, 9.17) is 37.9 Å². The standard InChI is InChI=1S/C32H30O14/c1-13(33)45-29-17-11-21(41-5)19(39-3)9-15(17)23(27(35)25(29)31(37)43-7)24-16-10-20(40-4)22(42-6)12-18(16)30(46-14(2)34)26(28(24)36)32(38)44-8/h9-12,35-36H,1-8H3. The molecule has 0 spiro atoms. The normalized spacial score (nSPS) is 10.7. The zero-order valence-electron chi connectivity index (χ0n) is 26.1. The van der Waals surface area contributed by atoms with Crippen molar-refractivity contribution in [2.75, 3.05) is 42.7 Å². The summed E-state index contributed by atoms with van der Waals surface area (Å²) in [5.74, 6) is -5.71. The summed E-state index contributed by atoms with van der Waals surface area (Å²) in [6.45, 7) is 2.18. The number of hydrogen-bond donors (Lipinski definition) is 2. The first kappa shape index (κ1) is 33.0. The Morgan fingerprint density at radius 3 is 1.02 bits per heavy atom. The maximum absolute atomic E-state index is 13.2. The zero-order chi connectivity index (χ0) is 34.0. The Hall–Kier alpha value is -5.92. The molecule has 0 aromatic heterocycles. The van der Waals surface area contributed by atoms with Gasteiger partial charge in [0.2, 0.25) is 0 Å². The minimum absolute atomic E-state index is 0.0396. The van der Waals surface area contributed by atoms with Crippen LogP contribution in [-0.4, -0.2) is 76.7 Å². The largest absolute Gasteiger partial charge is 0.506 e. The Bertz CT molecular complexity index is 1790. The highest BCUT2D eigenvalue weighted by Crippen LogP contribution is 2.55. The third-order valence-electron chi connectivity index (χ3n) is 7.00. The quantitative estimate of drug-likeness (QED) is 0.193. The van der Waals surface area contributed by atoms with Crippen LogP contribution in [0.2, 0.25) is 0 Å². The van der Waals surface area contributed by atoms with E-state index in [2.05, 4.69) is 0 Å². The zero-order valence-corrected chi connectivity index (χ0v) is 26.1. The third-order valence-corrected chi connectivity index (χ3v) is 7.00. The fourth-order valence-electron chi connectivity index (χ4n) is 5.13. The molecular formula is C32H30O14. The molecule has 4 aromatic carbocycles. The summed E-state index contributed by atoms with van der Waals surface area (Å²) in [5.41, 5.74) is -1.68. The highest BCUT2D eigenvalue weighted by molar-refractivity contribution is 6.20. The molecule has 0 saturated carbocycles. The molecule has 0 atom stereocenters. The number of carbonyl (C=O) groups is 4. The van der Waals surface area contributed by atoms with Gasteiger partial charge in [0.05, 0.1) is 42.7 Å². The van der Waals surface area contributed by atoms with E-state index in [1.807, 2.05) is 0 Å². The van der Waals surface area contributed by atoms with Crippen LogP contribution in [0.3, 0.4) is 0 Å². The van der Waals surface area contributed by atoms with Crippen LogP contribution in [0.25, 0.3) is 32.7 Å². The molecule has 0 unspecified atom stereocenters. The van der Waals surface area contributed by atoms with Gasteiger partial charge < -0.3 is 48.1 Å². The Balaban J connectivity index is 2.44. The fourth-order valence-corrected chi connectivity index (χ4v) is 5.13. The molecule has 4 rings (SSSR count). The number of rotatable bonds is 9. The van der Waals surface area contributed by atoms with Gasteiger partial charge in [-0.05, 0) is 24.3 Å². The van der Waals surface area contributed by atoms with E-state index in [0.717, 1.165) is 28.1 Å². The second-order valence-electron chi connectivity index (χ2n) is 9.53. The molecule has 0 saturated heterocycles. The molecule has 2 N–H and O–H groups in total. The van der Waals surface area contributed by atoms with Crippen molar-refractivity contribution in [1.82, 2.24) is 0 Å². The van der Waals surface area contributed by atoms with Crippen molar-refractivity contribution in [3.05, 3.63) is 35.4 Å². The van der Waals surface area contributed by atoms with Crippen LogP contribution in [0.4, 0.5) is 0 Å². The number of fused-ring (bicyclic) bond motifs is 2. The summed E-state index contributed by atoms with van der Waals surface area (Å²) in [6.07, 6.45) is 0. The molecule has 0 aliphatic heterocycles. The van der Waals surface area contributed by atoms with Gasteiger partial charge in [0.1, 0.15) is 22.6 Å². The number of carbonyl (C=O) groups excluding carboxylic acids is 4. The van der Waals surface area contributed by atoms with Crippen LogP contribution < -0.4 is 28.4 Å². The molecule has 242 valence electrons. The van der Waals surface area contributed by atoms with Gasteiger partial charge in [0, 0.05) is 46.5 Å². The first-order valence-corrected chi connectivity index (χ1v) is 13.3. The van der Waals surface area contributed by atoms with Crippen LogP contribution in [0.5, 0.6) is 46.0 Å². The van der Waals surface area contributed by atoms with E-state index in [0.29, 0.717) is 0 Å². The van der Waals surface area contributed by atoms with Crippen molar-refractivity contribution < 1.29 is 67.3 Å². The molecule has 0 radical (unpaired) electrons. The van der Waals surface area contributed by atoms with Gasteiger partial charge >= 0.3 is 23.9 Å². The molecule has 46 heavy (non-hydrogen) atoms. The van der Waals surface area contributed by atoms with E-state index in [-0.39, 0.29) is 67.2 Å². The van der Waals surface area contributed by atoms with Gasteiger partial charge in [-0.1, -0.05) is 0 Å². The second kappa shape index (κ2) is 13.0. The van der Waals surface area contributed by atoms with Crippen LogP contribution in [-0.2, 0) is 19.1 Å². The van der Waals surface area contributed by atoms with Crippen molar-refractivity contribution in [2.45, 2.75) is 13.8 Å². The molecule has 0 heterocycles. The maximum atomic E-state index is 13.2. The van der Waals surface area contributed by atoms with Gasteiger partial charge in [-0.3, -0.25) is 9.59 Å². The van der Waals surface area contributed by atoms with Crippen molar-refractivity contribution in [3.8, 4) is 57.1 Å². The summed E-state index contributed by atoms with van der Waals surface area (Å²) >= 11 is 0. The molecule has 0 aliphatic rings. The number of benzene rings is 4. The Morgan fingerprint density at radius 1 is 0.500 bits per heavy atom. The highest BCUT2D eigenvalue weighted by atomic mass is 16.6. The lowest BCUT2D eigenvalue weighted by molar-refractivity contribution is -0.132. The average molecular weight is 639 g/mol. The summed E-state index contributed by atoms with van der Waals surface area (Å²) in [4.78, 5) is 50.9. The number of phenolic OH excluding ortho intramolecular Hbond substituents is 2. The van der Waals surface area contributed by atoms with Crippen LogP contribution >= 0.6 is 0 Å². The third kappa shape index (κ3) is 5.44. The van der Waals surface area contributed by atoms with Crippen LogP contribution in [0.15, 0.2) is 24.3 Å². The summed E-state index contributed by atoms with van der Waals surface area (Å²) < 4.78 is 42.6. The van der Waals surface area contributed by atoms with Gasteiger partial charge in [0.25, 0.3) is 0 Å². The van der Waals surface area contributed by atoms with E-state index in [9.17, 15) is 29.4 Å². The minimum Gasteiger partial charge on any atom is -0.506 e. The average Bonchev–Trinajstić information content (AvgIpc) is 3.03. The lowest BCUT2D eigenvalue weighted by atomic mass is 9.87. The monoisotopic (exact) mass is 638 g/mol. The Kier molecular flexibility index (Phi) is 9.31. The van der Waals surface area contributed by atoms with Crippen molar-refractivity contribution in [2.24, 2.45) is 0 Å². The van der Waals surface area contributed by atoms with E-state index >= 15 is 0 Å².